The van der Waals surface area contributed by atoms with E-state index in [2.05, 4.69) is 6.58 Å². The molecule has 0 aromatic heterocycles. The smallest absolute Gasteiger partial charge is 0.303 e. The molecule has 1 aliphatic rings. The number of ether oxygens (including phenoxy) is 1. The van der Waals surface area contributed by atoms with Crippen molar-refractivity contribution in [2.24, 2.45) is 5.92 Å². The van der Waals surface area contributed by atoms with Crippen LogP contribution in [0.5, 0.6) is 0 Å². The van der Waals surface area contributed by atoms with Gasteiger partial charge in [0.2, 0.25) is 5.91 Å². The summed E-state index contributed by atoms with van der Waals surface area (Å²) in [7, 11) is 0. The Balaban J connectivity index is 2.30. The zero-order valence-electron chi connectivity index (χ0n) is 10.6. The summed E-state index contributed by atoms with van der Waals surface area (Å²) in [6.07, 6.45) is 4.38. The number of hydrogen-bond donors (Lipinski definition) is 1. The molecule has 0 radical (unpaired) electrons. The summed E-state index contributed by atoms with van der Waals surface area (Å²) in [5.41, 5.74) is 0. The number of likely N-dealkylation sites (tertiary alicyclic amines) is 1. The maximum Gasteiger partial charge on any atom is 0.303 e. The summed E-state index contributed by atoms with van der Waals surface area (Å²) in [6.45, 7) is 5.38. The number of aliphatic carboxylic acids is 1. The molecular formula is C13H21NO4. The van der Waals surface area contributed by atoms with Gasteiger partial charge in [0.05, 0.1) is 6.61 Å². The molecule has 1 rings (SSSR count). The average Bonchev–Trinajstić information content (AvgIpc) is 2.37. The van der Waals surface area contributed by atoms with E-state index in [4.69, 9.17) is 9.84 Å². The molecule has 0 aromatic rings. The third-order valence-electron chi connectivity index (χ3n) is 3.10. The molecule has 18 heavy (non-hydrogen) atoms. The van der Waals surface area contributed by atoms with Crippen LogP contribution in [0.1, 0.15) is 25.7 Å². The van der Waals surface area contributed by atoms with Crippen molar-refractivity contribution in [1.82, 2.24) is 4.90 Å². The first-order valence-corrected chi connectivity index (χ1v) is 6.31. The number of amides is 1. The van der Waals surface area contributed by atoms with Crippen LogP contribution in [0.15, 0.2) is 12.7 Å². The Bertz CT molecular complexity index is 303. The van der Waals surface area contributed by atoms with Gasteiger partial charge in [0, 0.05) is 19.5 Å². The standard InChI is InChI=1S/C13H21NO4/c1-2-8-18-10-12(15)14-7-3-4-11(9-14)5-6-13(16)17/h2,11H,1,3-10H2,(H,16,17). The summed E-state index contributed by atoms with van der Waals surface area (Å²) < 4.78 is 5.13. The number of carbonyl (C=O) groups is 2. The van der Waals surface area contributed by atoms with Gasteiger partial charge in [0.25, 0.3) is 0 Å². The molecule has 0 aromatic carbocycles. The number of piperidine rings is 1. The summed E-state index contributed by atoms with van der Waals surface area (Å²) in [5, 5.41) is 8.65. The van der Waals surface area contributed by atoms with E-state index in [0.29, 0.717) is 25.5 Å². The lowest BCUT2D eigenvalue weighted by molar-refractivity contribution is -0.138. The normalized spacial score (nSPS) is 19.6. The van der Waals surface area contributed by atoms with Crippen LogP contribution in [0, 0.1) is 5.92 Å². The maximum atomic E-state index is 11.8. The van der Waals surface area contributed by atoms with Crippen LogP contribution in [0.4, 0.5) is 0 Å². The molecule has 0 bridgehead atoms. The first kappa shape index (κ1) is 14.7. The number of rotatable bonds is 7. The van der Waals surface area contributed by atoms with Crippen LogP contribution >= 0.6 is 0 Å². The highest BCUT2D eigenvalue weighted by Gasteiger charge is 2.23. The molecule has 1 N–H and O–H groups in total. The third kappa shape index (κ3) is 5.31. The van der Waals surface area contributed by atoms with E-state index in [0.717, 1.165) is 19.4 Å². The minimum absolute atomic E-state index is 0.0168. The first-order valence-electron chi connectivity index (χ1n) is 6.31. The van der Waals surface area contributed by atoms with Gasteiger partial charge >= 0.3 is 5.97 Å². The Morgan fingerprint density at radius 1 is 1.50 bits per heavy atom. The van der Waals surface area contributed by atoms with E-state index in [9.17, 15) is 9.59 Å². The van der Waals surface area contributed by atoms with Gasteiger partial charge in [-0.05, 0) is 25.2 Å². The number of hydrogen-bond acceptors (Lipinski definition) is 3. The molecule has 1 saturated heterocycles. The molecule has 1 unspecified atom stereocenters. The molecule has 1 aliphatic heterocycles. The van der Waals surface area contributed by atoms with E-state index in [1.807, 2.05) is 0 Å². The van der Waals surface area contributed by atoms with Crippen molar-refractivity contribution in [3.8, 4) is 0 Å². The molecule has 0 saturated carbocycles. The van der Waals surface area contributed by atoms with E-state index in [-0.39, 0.29) is 18.9 Å². The van der Waals surface area contributed by atoms with Crippen molar-refractivity contribution >= 4 is 11.9 Å². The van der Waals surface area contributed by atoms with Gasteiger partial charge in [-0.15, -0.1) is 6.58 Å². The Kier molecular flexibility index (Phi) is 6.43. The molecule has 1 amide bonds. The largest absolute Gasteiger partial charge is 0.481 e. The summed E-state index contributed by atoms with van der Waals surface area (Å²) in [4.78, 5) is 24.1. The van der Waals surface area contributed by atoms with Crippen molar-refractivity contribution in [1.29, 1.82) is 0 Å². The first-order chi connectivity index (χ1) is 8.63. The predicted octanol–water partition coefficient (Wildman–Crippen LogP) is 1.29. The van der Waals surface area contributed by atoms with Crippen LogP contribution in [-0.4, -0.2) is 48.2 Å². The molecule has 102 valence electrons. The summed E-state index contributed by atoms with van der Waals surface area (Å²) >= 11 is 0. The zero-order chi connectivity index (χ0) is 13.4. The number of carbonyl (C=O) groups excluding carboxylic acids is 1. The van der Waals surface area contributed by atoms with Gasteiger partial charge in [-0.3, -0.25) is 9.59 Å². The van der Waals surface area contributed by atoms with Crippen molar-refractivity contribution in [3.63, 3.8) is 0 Å². The lowest BCUT2D eigenvalue weighted by atomic mass is 9.93. The quantitative estimate of drug-likeness (QED) is 0.550. The fourth-order valence-electron chi connectivity index (χ4n) is 2.18. The van der Waals surface area contributed by atoms with Gasteiger partial charge in [-0.25, -0.2) is 0 Å². The Morgan fingerprint density at radius 3 is 2.94 bits per heavy atom. The van der Waals surface area contributed by atoms with Gasteiger partial charge in [0.15, 0.2) is 0 Å². The van der Waals surface area contributed by atoms with Crippen molar-refractivity contribution in [2.45, 2.75) is 25.7 Å². The third-order valence-corrected chi connectivity index (χ3v) is 3.10. The highest BCUT2D eigenvalue weighted by Crippen LogP contribution is 2.21. The average molecular weight is 255 g/mol. The molecule has 0 aliphatic carbocycles. The van der Waals surface area contributed by atoms with E-state index >= 15 is 0 Å². The van der Waals surface area contributed by atoms with Crippen LogP contribution in [0.2, 0.25) is 0 Å². The topological polar surface area (TPSA) is 66.8 Å². The van der Waals surface area contributed by atoms with Crippen LogP contribution < -0.4 is 0 Å². The lowest BCUT2D eigenvalue weighted by Crippen LogP contribution is -2.41. The highest BCUT2D eigenvalue weighted by atomic mass is 16.5. The van der Waals surface area contributed by atoms with E-state index in [1.165, 1.54) is 0 Å². The number of carboxylic acid groups (broad SMARTS) is 1. The van der Waals surface area contributed by atoms with E-state index in [1.54, 1.807) is 11.0 Å². The molecule has 1 atom stereocenters. The molecule has 1 heterocycles. The van der Waals surface area contributed by atoms with Gasteiger partial charge in [-0.2, -0.15) is 0 Å². The Morgan fingerprint density at radius 2 is 2.28 bits per heavy atom. The van der Waals surface area contributed by atoms with Gasteiger partial charge in [-0.1, -0.05) is 6.08 Å². The highest BCUT2D eigenvalue weighted by molar-refractivity contribution is 5.77. The summed E-state index contributed by atoms with van der Waals surface area (Å²) in [5.74, 6) is -0.483. The molecule has 5 heteroatoms. The molecule has 1 fully saturated rings. The monoisotopic (exact) mass is 255 g/mol. The SMILES string of the molecule is C=CCOCC(=O)N1CCCC(CCC(=O)O)C1. The van der Waals surface area contributed by atoms with Crippen molar-refractivity contribution < 1.29 is 19.4 Å². The minimum Gasteiger partial charge on any atom is -0.481 e. The Hall–Kier alpha value is -1.36. The molecule has 5 nitrogen and oxygen atoms in total. The minimum atomic E-state index is -0.771. The molecular weight excluding hydrogens is 234 g/mol. The number of nitrogens with zero attached hydrogens (tertiary/aromatic N) is 1. The second-order valence-corrected chi connectivity index (χ2v) is 4.58. The number of carboxylic acids is 1. The van der Waals surface area contributed by atoms with Crippen LogP contribution in [0.25, 0.3) is 0 Å². The van der Waals surface area contributed by atoms with Crippen LogP contribution in [-0.2, 0) is 14.3 Å². The van der Waals surface area contributed by atoms with E-state index < -0.39 is 5.97 Å². The second-order valence-electron chi connectivity index (χ2n) is 4.58. The van der Waals surface area contributed by atoms with Crippen LogP contribution in [0.3, 0.4) is 0 Å². The Labute approximate surface area is 107 Å². The van der Waals surface area contributed by atoms with Crippen molar-refractivity contribution in [2.75, 3.05) is 26.3 Å². The molecule has 0 spiro atoms. The van der Waals surface area contributed by atoms with Gasteiger partial charge < -0.3 is 14.7 Å². The predicted molar refractivity (Wildman–Crippen MR) is 67.2 cm³/mol. The zero-order valence-corrected chi connectivity index (χ0v) is 10.6. The van der Waals surface area contributed by atoms with Gasteiger partial charge in [0.1, 0.15) is 6.61 Å². The second kappa shape index (κ2) is 7.87. The fraction of sp³-hybridized carbons (Fsp3) is 0.692. The lowest BCUT2D eigenvalue weighted by Gasteiger charge is -2.32. The summed E-state index contributed by atoms with van der Waals surface area (Å²) in [6, 6.07) is 0. The fourth-order valence-corrected chi connectivity index (χ4v) is 2.18. The van der Waals surface area contributed by atoms with Crippen molar-refractivity contribution in [3.05, 3.63) is 12.7 Å². The maximum absolute atomic E-state index is 11.8.